The van der Waals surface area contributed by atoms with Crippen LogP contribution >= 0.6 is 39.3 Å². The van der Waals surface area contributed by atoms with E-state index in [1.807, 2.05) is 0 Å². The molecular weight excluding hydrogens is 587 g/mol. The molecule has 0 radical (unpaired) electrons. The van der Waals surface area contributed by atoms with Crippen molar-refractivity contribution in [3.8, 4) is 11.5 Å². The van der Waals surface area contributed by atoms with Crippen molar-refractivity contribution in [1.82, 2.24) is 4.90 Å². The van der Waals surface area contributed by atoms with E-state index in [1.54, 1.807) is 48.5 Å². The summed E-state index contributed by atoms with van der Waals surface area (Å²) in [5.74, 6) is -0.661. The Morgan fingerprint density at radius 3 is 2.59 bits per heavy atom. The maximum Gasteiger partial charge on any atom is 0.294 e. The van der Waals surface area contributed by atoms with E-state index in [-0.39, 0.29) is 17.3 Å². The molecule has 190 valence electrons. The molecule has 0 unspecified atom stereocenters. The van der Waals surface area contributed by atoms with Crippen molar-refractivity contribution in [2.45, 2.75) is 6.61 Å². The fraction of sp³-hybridized carbons (Fsp3) is 0.115. The summed E-state index contributed by atoms with van der Waals surface area (Å²) in [5, 5.41) is 2.38. The van der Waals surface area contributed by atoms with E-state index >= 15 is 0 Å². The van der Waals surface area contributed by atoms with Crippen molar-refractivity contribution in [2.75, 3.05) is 19.0 Å². The van der Waals surface area contributed by atoms with Gasteiger partial charge in [-0.2, -0.15) is 0 Å². The van der Waals surface area contributed by atoms with E-state index < -0.39 is 23.6 Å². The number of halogens is 3. The zero-order valence-electron chi connectivity index (χ0n) is 19.3. The van der Waals surface area contributed by atoms with Gasteiger partial charge < -0.3 is 14.8 Å². The largest absolute Gasteiger partial charge is 0.493 e. The average molecular weight is 606 g/mol. The molecule has 0 spiro atoms. The highest BCUT2D eigenvalue weighted by atomic mass is 79.9. The molecule has 1 aliphatic rings. The molecule has 0 aromatic heterocycles. The number of imide groups is 1. The molecule has 3 aromatic carbocycles. The Morgan fingerprint density at radius 1 is 1.16 bits per heavy atom. The maximum absolute atomic E-state index is 13.1. The highest BCUT2D eigenvalue weighted by Crippen LogP contribution is 2.39. The topological polar surface area (TPSA) is 84.9 Å². The lowest BCUT2D eigenvalue weighted by Gasteiger charge is -2.14. The standard InChI is InChI=1S/C26H19BrClFN2O5S/c1-35-21-11-16(10-18(27)24(21)36-14-15-6-8-17(29)9-7-15)12-22-25(33)31(26(34)37-22)13-23(32)30-20-5-3-2-4-19(20)28/h2-12H,13-14H2,1H3,(H,30,32)/b22-12+. The first kappa shape index (κ1) is 26.7. The predicted molar refractivity (Wildman–Crippen MR) is 144 cm³/mol. The molecule has 11 heteroatoms. The lowest BCUT2D eigenvalue weighted by molar-refractivity contribution is -0.127. The van der Waals surface area contributed by atoms with Gasteiger partial charge in [-0.3, -0.25) is 19.3 Å². The number of hydrogen-bond donors (Lipinski definition) is 1. The molecule has 4 rings (SSSR count). The van der Waals surface area contributed by atoms with Gasteiger partial charge >= 0.3 is 0 Å². The van der Waals surface area contributed by atoms with Crippen molar-refractivity contribution >= 4 is 68.1 Å². The van der Waals surface area contributed by atoms with Crippen molar-refractivity contribution in [3.05, 3.63) is 92.0 Å². The van der Waals surface area contributed by atoms with Crippen LogP contribution in [-0.4, -0.2) is 35.6 Å². The van der Waals surface area contributed by atoms with E-state index in [2.05, 4.69) is 21.2 Å². The summed E-state index contributed by atoms with van der Waals surface area (Å²) in [5.41, 5.74) is 1.73. The molecule has 1 aliphatic heterocycles. The number of amides is 3. The molecule has 1 heterocycles. The van der Waals surface area contributed by atoms with Gasteiger partial charge in [0.25, 0.3) is 11.1 Å². The van der Waals surface area contributed by atoms with Crippen LogP contribution in [0.15, 0.2) is 70.0 Å². The Bertz CT molecular complexity index is 1400. The van der Waals surface area contributed by atoms with Crippen molar-refractivity contribution in [3.63, 3.8) is 0 Å². The fourth-order valence-corrected chi connectivity index (χ4v) is 4.98. The number of methoxy groups -OCH3 is 1. The molecule has 0 aliphatic carbocycles. The highest BCUT2D eigenvalue weighted by molar-refractivity contribution is 9.10. The van der Waals surface area contributed by atoms with Crippen molar-refractivity contribution < 1.29 is 28.2 Å². The molecular formula is C26H19BrClFN2O5S. The van der Waals surface area contributed by atoms with Gasteiger partial charge in [-0.05, 0) is 81.3 Å². The quantitative estimate of drug-likeness (QED) is 0.295. The fourth-order valence-electron chi connectivity index (χ4n) is 3.38. The second-order valence-corrected chi connectivity index (χ2v) is 10.00. The Morgan fingerprint density at radius 2 is 1.89 bits per heavy atom. The number of anilines is 1. The van der Waals surface area contributed by atoms with Gasteiger partial charge in [0.15, 0.2) is 11.5 Å². The molecule has 37 heavy (non-hydrogen) atoms. The predicted octanol–water partition coefficient (Wildman–Crippen LogP) is 6.50. The van der Waals surface area contributed by atoms with Crippen LogP contribution in [0, 0.1) is 5.82 Å². The third-order valence-electron chi connectivity index (χ3n) is 5.17. The number of ether oxygens (including phenoxy) is 2. The molecule has 0 atom stereocenters. The lowest BCUT2D eigenvalue weighted by atomic mass is 10.1. The Balaban J connectivity index is 1.47. The van der Waals surface area contributed by atoms with E-state index in [9.17, 15) is 18.8 Å². The molecule has 7 nitrogen and oxygen atoms in total. The van der Waals surface area contributed by atoms with Crippen LogP contribution in [0.3, 0.4) is 0 Å². The van der Waals surface area contributed by atoms with Gasteiger partial charge in [0.05, 0.1) is 27.2 Å². The number of rotatable bonds is 8. The SMILES string of the molecule is COc1cc(/C=C2/SC(=O)N(CC(=O)Nc3ccccc3Cl)C2=O)cc(Br)c1OCc1ccc(F)cc1. The molecule has 0 bridgehead atoms. The van der Waals surface area contributed by atoms with E-state index in [0.29, 0.717) is 32.2 Å². The summed E-state index contributed by atoms with van der Waals surface area (Å²) < 4.78 is 25.0. The van der Waals surface area contributed by atoms with Crippen LogP contribution < -0.4 is 14.8 Å². The summed E-state index contributed by atoms with van der Waals surface area (Å²) in [7, 11) is 1.47. The summed E-state index contributed by atoms with van der Waals surface area (Å²) >= 11 is 10.2. The summed E-state index contributed by atoms with van der Waals surface area (Å²) in [4.78, 5) is 38.8. The molecule has 1 saturated heterocycles. The molecule has 0 saturated carbocycles. The lowest BCUT2D eigenvalue weighted by Crippen LogP contribution is -2.36. The third-order valence-corrected chi connectivity index (χ3v) is 7.00. The minimum Gasteiger partial charge on any atom is -0.493 e. The van der Waals surface area contributed by atoms with Gasteiger partial charge in [0.2, 0.25) is 5.91 Å². The first-order valence-electron chi connectivity index (χ1n) is 10.8. The van der Waals surface area contributed by atoms with Crippen molar-refractivity contribution in [1.29, 1.82) is 0 Å². The second kappa shape index (κ2) is 11.8. The maximum atomic E-state index is 13.1. The van der Waals surface area contributed by atoms with Crippen molar-refractivity contribution in [2.24, 2.45) is 0 Å². The number of nitrogens with zero attached hydrogens (tertiary/aromatic N) is 1. The molecule has 1 fully saturated rings. The number of carbonyl (C=O) groups is 3. The van der Waals surface area contributed by atoms with Gasteiger partial charge in [-0.25, -0.2) is 4.39 Å². The van der Waals surface area contributed by atoms with E-state index in [0.717, 1.165) is 22.2 Å². The minimum absolute atomic E-state index is 0.157. The summed E-state index contributed by atoms with van der Waals surface area (Å²) in [6.45, 7) is -0.264. The van der Waals surface area contributed by atoms with Gasteiger partial charge in [0.1, 0.15) is 19.0 Å². The monoisotopic (exact) mass is 604 g/mol. The summed E-state index contributed by atoms with van der Waals surface area (Å²) in [6.07, 6.45) is 1.54. The van der Waals surface area contributed by atoms with Crippen LogP contribution in [0.5, 0.6) is 11.5 Å². The van der Waals surface area contributed by atoms with Gasteiger partial charge in [-0.1, -0.05) is 35.9 Å². The van der Waals surface area contributed by atoms with Gasteiger partial charge in [-0.15, -0.1) is 0 Å². The van der Waals surface area contributed by atoms with E-state index in [1.165, 1.54) is 25.3 Å². The first-order valence-corrected chi connectivity index (χ1v) is 12.8. The van der Waals surface area contributed by atoms with Crippen LogP contribution in [-0.2, 0) is 16.2 Å². The van der Waals surface area contributed by atoms with E-state index in [4.69, 9.17) is 21.1 Å². The Kier molecular flexibility index (Phi) is 8.52. The number of nitrogens with one attached hydrogen (secondary N) is 1. The zero-order valence-corrected chi connectivity index (χ0v) is 22.5. The minimum atomic E-state index is -0.587. The van der Waals surface area contributed by atoms with Crippen LogP contribution in [0.2, 0.25) is 5.02 Å². The van der Waals surface area contributed by atoms with Crippen LogP contribution in [0.4, 0.5) is 14.9 Å². The van der Waals surface area contributed by atoms with Crippen LogP contribution in [0.25, 0.3) is 6.08 Å². The van der Waals surface area contributed by atoms with Gasteiger partial charge in [0, 0.05) is 0 Å². The highest BCUT2D eigenvalue weighted by Gasteiger charge is 2.36. The van der Waals surface area contributed by atoms with Crippen LogP contribution in [0.1, 0.15) is 11.1 Å². The average Bonchev–Trinajstić information content (AvgIpc) is 3.12. The Labute approximate surface area is 229 Å². The third kappa shape index (κ3) is 6.51. The zero-order chi connectivity index (χ0) is 26.5. The first-order chi connectivity index (χ1) is 17.7. The number of thioether (sulfide) groups is 1. The number of carbonyl (C=O) groups excluding carboxylic acids is 3. The summed E-state index contributed by atoms with van der Waals surface area (Å²) in [6, 6.07) is 16.0. The second-order valence-electron chi connectivity index (χ2n) is 7.75. The molecule has 1 N–H and O–H groups in total. The molecule has 3 amide bonds. The molecule has 3 aromatic rings. The normalized spacial score (nSPS) is 14.3. The number of para-hydroxylation sites is 1. The number of benzene rings is 3. The Hall–Kier alpha value is -3.34. The smallest absolute Gasteiger partial charge is 0.294 e. The number of hydrogen-bond acceptors (Lipinski definition) is 6.